The van der Waals surface area contributed by atoms with Crippen molar-refractivity contribution in [3.63, 3.8) is 0 Å². The number of allylic oxidation sites excluding steroid dienone is 1. The molecule has 5 rings (SSSR count). The Labute approximate surface area is 185 Å². The molecule has 3 aliphatic rings. The van der Waals surface area contributed by atoms with Gasteiger partial charge in [-0.2, -0.15) is 0 Å². The van der Waals surface area contributed by atoms with Crippen LogP contribution >= 0.6 is 0 Å². The van der Waals surface area contributed by atoms with Gasteiger partial charge in [0.2, 0.25) is 0 Å². The van der Waals surface area contributed by atoms with Crippen molar-refractivity contribution in [2.45, 2.75) is 57.5 Å². The van der Waals surface area contributed by atoms with Crippen LogP contribution in [0.2, 0.25) is 0 Å². The summed E-state index contributed by atoms with van der Waals surface area (Å²) < 4.78 is 0. The number of rotatable bonds is 6. The first-order valence-electron chi connectivity index (χ1n) is 11.9. The molecule has 1 aromatic heterocycles. The number of fused-ring (bicyclic) bond motifs is 2. The lowest BCUT2D eigenvalue weighted by molar-refractivity contribution is 0.231. The van der Waals surface area contributed by atoms with E-state index in [0.29, 0.717) is 12.1 Å². The first-order chi connectivity index (χ1) is 15.2. The van der Waals surface area contributed by atoms with E-state index in [-0.39, 0.29) is 0 Å². The van der Waals surface area contributed by atoms with E-state index < -0.39 is 0 Å². The van der Waals surface area contributed by atoms with E-state index in [1.54, 1.807) is 6.20 Å². The number of anilines is 1. The number of aliphatic imine (C=N–C) groups is 1. The fourth-order valence-electron chi connectivity index (χ4n) is 5.41. The highest BCUT2D eigenvalue weighted by Gasteiger charge is 2.30. The topological polar surface area (TPSA) is 70.6 Å². The minimum absolute atomic E-state index is 0.431. The van der Waals surface area contributed by atoms with Gasteiger partial charge in [0.05, 0.1) is 29.0 Å². The van der Waals surface area contributed by atoms with E-state index in [9.17, 15) is 0 Å². The van der Waals surface area contributed by atoms with Crippen LogP contribution in [0.15, 0.2) is 35.6 Å². The van der Waals surface area contributed by atoms with Crippen molar-refractivity contribution in [1.29, 1.82) is 0 Å². The third-order valence-electron chi connectivity index (χ3n) is 7.29. The Hall–Kier alpha value is -2.47. The summed E-state index contributed by atoms with van der Waals surface area (Å²) in [4.78, 5) is 19.4. The molecular weight excluding hydrogens is 384 g/mol. The quantitative estimate of drug-likeness (QED) is 0.721. The maximum Gasteiger partial charge on any atom is 0.0922 e. The van der Waals surface area contributed by atoms with Gasteiger partial charge in [-0.25, -0.2) is 4.98 Å². The maximum atomic E-state index is 5.93. The van der Waals surface area contributed by atoms with Gasteiger partial charge >= 0.3 is 0 Å². The van der Waals surface area contributed by atoms with Crippen molar-refractivity contribution in [1.82, 2.24) is 14.9 Å². The highest BCUT2D eigenvalue weighted by Crippen LogP contribution is 2.33. The predicted octanol–water partition coefficient (Wildman–Crippen LogP) is 3.86. The lowest BCUT2D eigenvalue weighted by Crippen LogP contribution is -2.50. The Bertz CT molecular complexity index is 977. The SMILES string of the molecule is CCCC1CC(N=CC(=CN)c2cnc3ccc(N4CCN5CCCC5C4)cc3n2)C1. The molecule has 0 bridgehead atoms. The summed E-state index contributed by atoms with van der Waals surface area (Å²) in [6, 6.07) is 7.59. The molecule has 1 aliphatic carbocycles. The number of nitrogens with zero attached hydrogens (tertiary/aromatic N) is 5. The molecule has 2 aromatic rings. The molecule has 1 aromatic carbocycles. The van der Waals surface area contributed by atoms with Gasteiger partial charge in [0.1, 0.15) is 0 Å². The van der Waals surface area contributed by atoms with Crippen LogP contribution in [0.1, 0.15) is 51.1 Å². The number of aromatic nitrogens is 2. The van der Waals surface area contributed by atoms with Gasteiger partial charge in [0.15, 0.2) is 0 Å². The van der Waals surface area contributed by atoms with Crippen LogP contribution in [0.25, 0.3) is 16.6 Å². The fourth-order valence-corrected chi connectivity index (χ4v) is 5.41. The number of benzene rings is 1. The normalized spacial score (nSPS) is 27.1. The third kappa shape index (κ3) is 4.31. The smallest absolute Gasteiger partial charge is 0.0922 e. The third-order valence-corrected chi connectivity index (χ3v) is 7.29. The first kappa shape index (κ1) is 20.4. The number of nitrogens with two attached hydrogens (primary N) is 1. The van der Waals surface area contributed by atoms with Crippen LogP contribution in [0.3, 0.4) is 0 Å². The van der Waals surface area contributed by atoms with Gasteiger partial charge in [-0.1, -0.05) is 19.8 Å². The number of piperazine rings is 1. The Kier molecular flexibility index (Phi) is 5.90. The second-order valence-corrected chi connectivity index (χ2v) is 9.39. The van der Waals surface area contributed by atoms with Crippen molar-refractivity contribution in [3.05, 3.63) is 36.3 Å². The Morgan fingerprint density at radius 1 is 1.23 bits per heavy atom. The van der Waals surface area contributed by atoms with Gasteiger partial charge < -0.3 is 10.6 Å². The zero-order valence-electron chi connectivity index (χ0n) is 18.6. The van der Waals surface area contributed by atoms with E-state index in [0.717, 1.165) is 47.9 Å². The summed E-state index contributed by atoms with van der Waals surface area (Å²) in [5.74, 6) is 0.849. The van der Waals surface area contributed by atoms with E-state index in [4.69, 9.17) is 15.7 Å². The second-order valence-electron chi connectivity index (χ2n) is 9.39. The lowest BCUT2D eigenvalue weighted by Gasteiger charge is -2.38. The molecule has 2 N–H and O–H groups in total. The average Bonchev–Trinajstić information content (AvgIpc) is 3.25. The van der Waals surface area contributed by atoms with Crippen LogP contribution in [-0.4, -0.2) is 59.3 Å². The maximum absolute atomic E-state index is 5.93. The van der Waals surface area contributed by atoms with Crippen LogP contribution in [-0.2, 0) is 0 Å². The van der Waals surface area contributed by atoms with Crippen LogP contribution in [0, 0.1) is 5.92 Å². The standard InChI is InChI=1S/C25H34N6/c1-2-4-18-11-20(12-18)27-15-19(14-26)25-16-28-23-7-6-21(13-24(23)29-25)31-10-9-30-8-3-5-22(30)17-31/h6-7,13-16,18,20,22H,2-5,8-12,17,26H2,1H3. The highest BCUT2D eigenvalue weighted by molar-refractivity contribution is 6.09. The van der Waals surface area contributed by atoms with Gasteiger partial charge in [-0.05, 0) is 56.3 Å². The summed E-state index contributed by atoms with van der Waals surface area (Å²) in [5.41, 5.74) is 10.7. The zero-order valence-corrected chi connectivity index (χ0v) is 18.6. The van der Waals surface area contributed by atoms with E-state index in [2.05, 4.69) is 39.9 Å². The minimum atomic E-state index is 0.431. The fraction of sp³-hybridized carbons (Fsp3) is 0.560. The van der Waals surface area contributed by atoms with Gasteiger partial charge in [-0.3, -0.25) is 14.9 Å². The molecule has 164 valence electrons. The largest absolute Gasteiger partial charge is 0.404 e. The van der Waals surface area contributed by atoms with Gasteiger partial charge in [0, 0.05) is 49.4 Å². The molecule has 3 fully saturated rings. The summed E-state index contributed by atoms with van der Waals surface area (Å²) in [5, 5.41) is 0. The molecule has 6 heteroatoms. The first-order valence-corrected chi connectivity index (χ1v) is 11.9. The zero-order chi connectivity index (χ0) is 21.2. The van der Waals surface area contributed by atoms with Crippen molar-refractivity contribution in [2.24, 2.45) is 16.6 Å². The molecule has 3 heterocycles. The molecule has 1 saturated carbocycles. The molecule has 31 heavy (non-hydrogen) atoms. The molecule has 0 spiro atoms. The van der Waals surface area contributed by atoms with Crippen LogP contribution in [0.5, 0.6) is 0 Å². The molecule has 2 aliphatic heterocycles. The molecule has 0 amide bonds. The van der Waals surface area contributed by atoms with Crippen molar-refractivity contribution >= 4 is 28.5 Å². The van der Waals surface area contributed by atoms with Crippen LogP contribution in [0.4, 0.5) is 5.69 Å². The Morgan fingerprint density at radius 2 is 2.13 bits per heavy atom. The molecular formula is C25H34N6. The Morgan fingerprint density at radius 3 is 2.97 bits per heavy atom. The molecule has 1 unspecified atom stereocenters. The molecule has 2 saturated heterocycles. The summed E-state index contributed by atoms with van der Waals surface area (Å²) >= 11 is 0. The summed E-state index contributed by atoms with van der Waals surface area (Å²) in [7, 11) is 0. The predicted molar refractivity (Wildman–Crippen MR) is 128 cm³/mol. The van der Waals surface area contributed by atoms with E-state index in [1.807, 2.05) is 12.4 Å². The molecule has 1 atom stereocenters. The van der Waals surface area contributed by atoms with E-state index in [1.165, 1.54) is 50.8 Å². The van der Waals surface area contributed by atoms with Crippen molar-refractivity contribution < 1.29 is 0 Å². The van der Waals surface area contributed by atoms with Gasteiger partial charge in [0.25, 0.3) is 0 Å². The van der Waals surface area contributed by atoms with Gasteiger partial charge in [-0.15, -0.1) is 0 Å². The minimum Gasteiger partial charge on any atom is -0.404 e. The average molecular weight is 419 g/mol. The number of hydrogen-bond acceptors (Lipinski definition) is 6. The summed E-state index contributed by atoms with van der Waals surface area (Å²) in [6.45, 7) is 6.87. The Balaban J connectivity index is 1.31. The second kappa shape index (κ2) is 8.95. The number of hydrogen-bond donors (Lipinski definition) is 1. The molecule has 0 radical (unpaired) electrons. The van der Waals surface area contributed by atoms with Crippen molar-refractivity contribution in [3.8, 4) is 0 Å². The van der Waals surface area contributed by atoms with Crippen molar-refractivity contribution in [2.75, 3.05) is 31.1 Å². The van der Waals surface area contributed by atoms with Crippen LogP contribution < -0.4 is 10.6 Å². The summed E-state index contributed by atoms with van der Waals surface area (Å²) in [6.07, 6.45) is 12.9. The monoisotopic (exact) mass is 418 g/mol. The lowest BCUT2D eigenvalue weighted by atomic mass is 9.78. The highest BCUT2D eigenvalue weighted by atomic mass is 15.3. The van der Waals surface area contributed by atoms with E-state index >= 15 is 0 Å². The molecule has 6 nitrogen and oxygen atoms in total.